The summed E-state index contributed by atoms with van der Waals surface area (Å²) in [6, 6.07) is 10.4. The maximum Gasteiger partial charge on any atom is 0.251 e. The van der Waals surface area contributed by atoms with Gasteiger partial charge in [0.25, 0.3) is 5.91 Å². The highest BCUT2D eigenvalue weighted by molar-refractivity contribution is 5.99. The molecule has 2 aliphatic rings. The summed E-state index contributed by atoms with van der Waals surface area (Å²) in [4.78, 5) is 19.2. The van der Waals surface area contributed by atoms with Gasteiger partial charge in [-0.1, -0.05) is 12.1 Å². The smallest absolute Gasteiger partial charge is 0.251 e. The van der Waals surface area contributed by atoms with Crippen LogP contribution in [0.1, 0.15) is 35.7 Å². The lowest BCUT2D eigenvalue weighted by Crippen LogP contribution is -2.39. The summed E-state index contributed by atoms with van der Waals surface area (Å²) in [6.45, 7) is 4.25. The second kappa shape index (κ2) is 5.69. The van der Waals surface area contributed by atoms with Crippen molar-refractivity contribution in [2.75, 3.05) is 18.0 Å². The fourth-order valence-electron chi connectivity index (χ4n) is 3.63. The molecule has 0 saturated carbocycles. The van der Waals surface area contributed by atoms with Gasteiger partial charge in [-0.3, -0.25) is 4.79 Å². The number of fused-ring (bicyclic) bond motifs is 1. The molecule has 2 aromatic rings. The van der Waals surface area contributed by atoms with Gasteiger partial charge in [-0.2, -0.15) is 0 Å². The van der Waals surface area contributed by atoms with Crippen molar-refractivity contribution in [2.24, 2.45) is 0 Å². The first kappa shape index (κ1) is 14.2. The summed E-state index contributed by atoms with van der Waals surface area (Å²) in [7, 11) is 0. The lowest BCUT2D eigenvalue weighted by Gasteiger charge is -2.25. The molecule has 0 aliphatic carbocycles. The van der Waals surface area contributed by atoms with E-state index in [2.05, 4.69) is 33.4 Å². The number of aromatic nitrogens is 1. The molecule has 118 valence electrons. The molecule has 3 heterocycles. The van der Waals surface area contributed by atoms with Gasteiger partial charge in [0.2, 0.25) is 0 Å². The first-order valence-corrected chi connectivity index (χ1v) is 8.36. The molecule has 4 heteroatoms. The van der Waals surface area contributed by atoms with Crippen LogP contribution in [0.25, 0.3) is 11.1 Å². The Bertz CT molecular complexity index is 733. The van der Waals surface area contributed by atoms with Gasteiger partial charge in [0.1, 0.15) is 5.82 Å². The normalized spacial score (nSPS) is 20.3. The van der Waals surface area contributed by atoms with Gasteiger partial charge in [0, 0.05) is 36.5 Å². The zero-order valence-electron chi connectivity index (χ0n) is 13.4. The third kappa shape index (κ3) is 2.58. The Hall–Kier alpha value is -2.36. The van der Waals surface area contributed by atoms with Crippen molar-refractivity contribution >= 4 is 11.7 Å². The van der Waals surface area contributed by atoms with E-state index in [1.165, 1.54) is 12.8 Å². The van der Waals surface area contributed by atoms with Gasteiger partial charge in [-0.15, -0.1) is 0 Å². The van der Waals surface area contributed by atoms with Crippen LogP contribution in [-0.2, 0) is 6.42 Å². The minimum Gasteiger partial charge on any atom is -0.357 e. The highest BCUT2D eigenvalue weighted by Gasteiger charge is 2.24. The van der Waals surface area contributed by atoms with Gasteiger partial charge in [-0.05, 0) is 55.5 Å². The van der Waals surface area contributed by atoms with Crippen LogP contribution in [0.4, 0.5) is 5.82 Å². The number of anilines is 1. The van der Waals surface area contributed by atoms with E-state index in [0.29, 0.717) is 0 Å². The van der Waals surface area contributed by atoms with E-state index in [9.17, 15) is 4.79 Å². The molecule has 1 atom stereocenters. The molecule has 1 unspecified atom stereocenters. The number of hydrogen-bond donors (Lipinski definition) is 1. The highest BCUT2D eigenvalue weighted by atomic mass is 16.1. The molecular weight excluding hydrogens is 286 g/mol. The van der Waals surface area contributed by atoms with Crippen LogP contribution in [-0.4, -0.2) is 30.0 Å². The topological polar surface area (TPSA) is 45.2 Å². The van der Waals surface area contributed by atoms with Gasteiger partial charge in [0.05, 0.1) is 0 Å². The summed E-state index contributed by atoms with van der Waals surface area (Å²) < 4.78 is 0. The Morgan fingerprint density at radius 3 is 2.65 bits per heavy atom. The van der Waals surface area contributed by atoms with E-state index < -0.39 is 0 Å². The first-order chi connectivity index (χ1) is 11.2. The Morgan fingerprint density at radius 2 is 1.91 bits per heavy atom. The lowest BCUT2D eigenvalue weighted by atomic mass is 9.89. The van der Waals surface area contributed by atoms with Crippen molar-refractivity contribution in [3.05, 3.63) is 47.7 Å². The maximum absolute atomic E-state index is 12.2. The van der Waals surface area contributed by atoms with Crippen molar-refractivity contribution in [3.8, 4) is 11.1 Å². The van der Waals surface area contributed by atoms with Gasteiger partial charge in [-0.25, -0.2) is 4.98 Å². The van der Waals surface area contributed by atoms with Crippen LogP contribution in [0.5, 0.6) is 0 Å². The first-order valence-electron chi connectivity index (χ1n) is 8.36. The maximum atomic E-state index is 12.2. The molecule has 0 radical (unpaired) electrons. The Morgan fingerprint density at radius 1 is 1.13 bits per heavy atom. The summed E-state index contributed by atoms with van der Waals surface area (Å²) in [6.07, 6.45) is 5.32. The van der Waals surface area contributed by atoms with E-state index in [1.54, 1.807) is 0 Å². The molecule has 4 nitrogen and oxygen atoms in total. The van der Waals surface area contributed by atoms with Crippen molar-refractivity contribution in [3.63, 3.8) is 0 Å². The molecule has 23 heavy (non-hydrogen) atoms. The van der Waals surface area contributed by atoms with Crippen LogP contribution in [0.15, 0.2) is 36.5 Å². The quantitative estimate of drug-likeness (QED) is 0.927. The number of benzene rings is 1. The predicted molar refractivity (Wildman–Crippen MR) is 91.8 cm³/mol. The number of amides is 1. The van der Waals surface area contributed by atoms with Crippen LogP contribution in [0, 0.1) is 0 Å². The van der Waals surface area contributed by atoms with E-state index in [-0.39, 0.29) is 11.9 Å². The molecule has 0 bridgehead atoms. The summed E-state index contributed by atoms with van der Waals surface area (Å²) in [5.74, 6) is 1.09. The number of rotatable bonds is 2. The van der Waals surface area contributed by atoms with Crippen molar-refractivity contribution in [2.45, 2.75) is 32.2 Å². The lowest BCUT2D eigenvalue weighted by molar-refractivity contribution is 0.0929. The minimum absolute atomic E-state index is 0.0299. The molecule has 1 amide bonds. The second-order valence-corrected chi connectivity index (χ2v) is 6.51. The fourth-order valence-corrected chi connectivity index (χ4v) is 3.63. The number of carbonyl (C=O) groups is 1. The van der Waals surface area contributed by atoms with Crippen LogP contribution in [0.2, 0.25) is 0 Å². The molecule has 1 saturated heterocycles. The third-order valence-electron chi connectivity index (χ3n) is 4.80. The summed E-state index contributed by atoms with van der Waals surface area (Å²) >= 11 is 0. The van der Waals surface area contributed by atoms with E-state index in [1.807, 2.05) is 25.3 Å². The molecular formula is C19H21N3O. The largest absolute Gasteiger partial charge is 0.357 e. The average Bonchev–Trinajstić information content (AvgIpc) is 3.09. The van der Waals surface area contributed by atoms with Crippen molar-refractivity contribution in [1.82, 2.24) is 10.3 Å². The molecule has 1 N–H and O–H groups in total. The average molecular weight is 307 g/mol. The third-order valence-corrected chi connectivity index (χ3v) is 4.80. The monoisotopic (exact) mass is 307 g/mol. The second-order valence-electron chi connectivity index (χ2n) is 6.51. The van der Waals surface area contributed by atoms with Crippen molar-refractivity contribution in [1.29, 1.82) is 0 Å². The number of pyridine rings is 1. The van der Waals surface area contributed by atoms with E-state index >= 15 is 0 Å². The molecule has 2 aliphatic heterocycles. The number of nitrogens with one attached hydrogen (secondary N) is 1. The van der Waals surface area contributed by atoms with Crippen LogP contribution < -0.4 is 10.2 Å². The minimum atomic E-state index is 0.0299. The summed E-state index contributed by atoms with van der Waals surface area (Å²) in [5, 5.41) is 3.00. The molecule has 1 aromatic heterocycles. The van der Waals surface area contributed by atoms with Crippen LogP contribution >= 0.6 is 0 Å². The van der Waals surface area contributed by atoms with Crippen LogP contribution in [0.3, 0.4) is 0 Å². The van der Waals surface area contributed by atoms with E-state index in [4.69, 9.17) is 0 Å². The predicted octanol–water partition coefficient (Wildman–Crippen LogP) is 3.02. The fraction of sp³-hybridized carbons (Fsp3) is 0.368. The Labute approximate surface area is 136 Å². The number of carbonyl (C=O) groups excluding carboxylic acids is 1. The Balaban J connectivity index is 1.71. The van der Waals surface area contributed by atoms with Crippen molar-refractivity contribution < 1.29 is 4.79 Å². The zero-order chi connectivity index (χ0) is 15.8. The zero-order valence-corrected chi connectivity index (χ0v) is 13.4. The molecule has 1 aromatic carbocycles. The highest BCUT2D eigenvalue weighted by Crippen LogP contribution is 2.30. The van der Waals surface area contributed by atoms with Gasteiger partial charge >= 0.3 is 0 Å². The van der Waals surface area contributed by atoms with Gasteiger partial charge < -0.3 is 10.2 Å². The van der Waals surface area contributed by atoms with E-state index in [0.717, 1.165) is 47.6 Å². The number of nitrogens with zero attached hydrogens (tertiary/aromatic N) is 2. The summed E-state index contributed by atoms with van der Waals surface area (Å²) in [5.41, 5.74) is 4.15. The standard InChI is InChI=1S/C19H21N3O/c1-13-11-17-15(5-4-6-16(17)19(23)21-13)14-7-8-18(20-12-14)22-9-2-3-10-22/h4-8,12-13H,2-3,9-11H2,1H3,(H,21,23). The molecule has 1 fully saturated rings. The SMILES string of the molecule is CC1Cc2c(cccc2-c2ccc(N3CCCC3)nc2)C(=O)N1. The number of hydrogen-bond acceptors (Lipinski definition) is 3. The Kier molecular flexibility index (Phi) is 3.52. The van der Waals surface area contributed by atoms with Gasteiger partial charge in [0.15, 0.2) is 0 Å². The molecule has 4 rings (SSSR count). The molecule has 0 spiro atoms.